The average Bonchev–Trinajstić information content (AvgIpc) is 1.60. The quantitative estimate of drug-likeness (QED) is 0.538. The molecular weight excluding hydrogens is 211 g/mol. The summed E-state index contributed by atoms with van der Waals surface area (Å²) in [5.74, 6) is -2.60. The Morgan fingerprint density at radius 3 is 1.90 bits per heavy atom. The molecule has 0 amide bonds. The van der Waals surface area contributed by atoms with Crippen LogP contribution in [0.1, 0.15) is 0 Å². The van der Waals surface area contributed by atoms with Gasteiger partial charge in [-0.2, -0.15) is 0 Å². The molecule has 60 valence electrons. The van der Waals surface area contributed by atoms with Gasteiger partial charge in [-0.15, -0.1) is 0 Å². The van der Waals surface area contributed by atoms with Gasteiger partial charge >= 0.3 is 0 Å². The zero-order chi connectivity index (χ0) is 8.41. The molecular formula is C3H9Cl2N3P2. The first-order valence-electron chi connectivity index (χ1n) is 2.37. The van der Waals surface area contributed by atoms with Crippen molar-refractivity contribution in [3.63, 3.8) is 0 Å². The molecule has 0 atom stereocenters. The molecule has 0 spiro atoms. The summed E-state index contributed by atoms with van der Waals surface area (Å²) in [6, 6.07) is 0. The van der Waals surface area contributed by atoms with E-state index in [1.807, 2.05) is 0 Å². The highest BCUT2D eigenvalue weighted by molar-refractivity contribution is 8.11. The molecule has 0 aliphatic rings. The summed E-state index contributed by atoms with van der Waals surface area (Å²) in [4.78, 5) is 0. The van der Waals surface area contributed by atoms with Crippen molar-refractivity contribution in [3.05, 3.63) is 0 Å². The lowest BCUT2D eigenvalue weighted by molar-refractivity contribution is 1.55. The van der Waals surface area contributed by atoms with E-state index in [0.717, 1.165) is 0 Å². The summed E-state index contributed by atoms with van der Waals surface area (Å²) >= 11 is 11.2. The molecule has 0 heterocycles. The van der Waals surface area contributed by atoms with Gasteiger partial charge in [0.15, 0.2) is 0 Å². The third kappa shape index (κ3) is 5.49. The fourth-order valence-corrected chi connectivity index (χ4v) is 5.72. The van der Waals surface area contributed by atoms with Crippen LogP contribution in [0.4, 0.5) is 0 Å². The Morgan fingerprint density at radius 2 is 1.80 bits per heavy atom. The van der Waals surface area contributed by atoms with Crippen LogP contribution in [0, 0.1) is 5.16 Å². The highest BCUT2D eigenvalue weighted by Gasteiger charge is 2.10. The number of rotatable bonds is 2. The predicted molar refractivity (Wildman–Crippen MR) is 52.1 cm³/mol. The zero-order valence-electron chi connectivity index (χ0n) is 5.75. The molecule has 0 aromatic heterocycles. The normalized spacial score (nSPS) is 12.8. The summed E-state index contributed by atoms with van der Waals surface area (Å²) in [6.45, 7) is 6.58. The van der Waals surface area contributed by atoms with E-state index in [1.165, 1.54) is 0 Å². The second-order valence-electron chi connectivity index (χ2n) is 2.08. The van der Waals surface area contributed by atoms with Crippen LogP contribution >= 0.6 is 35.6 Å². The van der Waals surface area contributed by atoms with Crippen LogP contribution in [0.2, 0.25) is 0 Å². The maximum Gasteiger partial charge on any atom is 0.252 e. The van der Waals surface area contributed by atoms with Crippen molar-refractivity contribution < 1.29 is 0 Å². The minimum Gasteiger partial charge on any atom is -0.297 e. The van der Waals surface area contributed by atoms with Gasteiger partial charge < -0.3 is 0 Å². The van der Waals surface area contributed by atoms with Gasteiger partial charge in [-0.1, -0.05) is 0 Å². The fraction of sp³-hybridized carbons (Fsp3) is 0.667. The molecule has 7 heteroatoms. The van der Waals surface area contributed by atoms with E-state index in [4.69, 9.17) is 27.6 Å². The Morgan fingerprint density at radius 1 is 1.40 bits per heavy atom. The highest BCUT2D eigenvalue weighted by Crippen LogP contribution is 2.67. The van der Waals surface area contributed by atoms with E-state index in [1.54, 1.807) is 13.3 Å². The van der Waals surface area contributed by atoms with Crippen LogP contribution in [0.3, 0.4) is 0 Å². The lowest BCUT2D eigenvalue weighted by Crippen LogP contribution is -1.62. The van der Waals surface area contributed by atoms with Crippen molar-refractivity contribution in [1.82, 2.24) is 0 Å². The molecule has 10 heavy (non-hydrogen) atoms. The van der Waals surface area contributed by atoms with Crippen LogP contribution in [0.15, 0.2) is 9.28 Å². The number of nitrogens with one attached hydrogen (secondary N) is 1. The van der Waals surface area contributed by atoms with E-state index in [2.05, 4.69) is 16.0 Å². The number of hydrogen-bond donors (Lipinski definition) is 1. The summed E-state index contributed by atoms with van der Waals surface area (Å²) in [5, 5.41) is 7.41. The Hall–Kier alpha value is 0.710. The molecule has 0 aromatic carbocycles. The first kappa shape index (κ1) is 10.7. The van der Waals surface area contributed by atoms with E-state index in [-0.39, 0.29) is 0 Å². The largest absolute Gasteiger partial charge is 0.297 e. The standard InChI is InChI=1S/C3H9Cl2N3P2/c1-7-10(4,5)8-9(2,3)6/h6H,1H2,2-3H3. The molecule has 0 fully saturated rings. The average molecular weight is 220 g/mol. The maximum atomic E-state index is 7.41. The Labute approximate surface area is 70.4 Å². The lowest BCUT2D eigenvalue weighted by atomic mass is 11.8. The van der Waals surface area contributed by atoms with Crippen LogP contribution < -0.4 is 0 Å². The molecule has 0 aromatic rings. The van der Waals surface area contributed by atoms with Gasteiger partial charge in [0, 0.05) is 0 Å². The molecule has 0 aliphatic carbocycles. The van der Waals surface area contributed by atoms with Crippen LogP contribution in [0.5, 0.6) is 0 Å². The molecule has 0 rings (SSSR count). The van der Waals surface area contributed by atoms with Crippen LogP contribution in [-0.2, 0) is 0 Å². The minimum atomic E-state index is -2.60. The molecule has 3 nitrogen and oxygen atoms in total. The topological polar surface area (TPSA) is 48.6 Å². The summed E-state index contributed by atoms with van der Waals surface area (Å²) in [6.07, 6.45) is 0. The van der Waals surface area contributed by atoms with Crippen molar-refractivity contribution in [2.45, 2.75) is 0 Å². The van der Waals surface area contributed by atoms with E-state index in [9.17, 15) is 0 Å². The van der Waals surface area contributed by atoms with Crippen molar-refractivity contribution in [2.24, 2.45) is 9.28 Å². The van der Waals surface area contributed by atoms with Crippen molar-refractivity contribution in [3.8, 4) is 0 Å². The fourth-order valence-electron chi connectivity index (χ4n) is 0.297. The Balaban J connectivity index is 4.78. The predicted octanol–water partition coefficient (Wildman–Crippen LogP) is 4.07. The highest BCUT2D eigenvalue weighted by atomic mass is 35.9. The first-order valence-corrected chi connectivity index (χ1v) is 8.51. The lowest BCUT2D eigenvalue weighted by Gasteiger charge is -2.06. The second-order valence-corrected chi connectivity index (χ2v) is 10.1. The maximum absolute atomic E-state index is 7.41. The number of halogens is 2. The smallest absolute Gasteiger partial charge is 0.252 e. The molecule has 0 saturated carbocycles. The van der Waals surface area contributed by atoms with Gasteiger partial charge in [0.1, 0.15) is 0 Å². The van der Waals surface area contributed by atoms with Crippen LogP contribution in [0.25, 0.3) is 0 Å². The van der Waals surface area contributed by atoms with Gasteiger partial charge in [0.2, 0.25) is 0 Å². The first-order chi connectivity index (χ1) is 4.27. The van der Waals surface area contributed by atoms with Crippen LogP contribution in [-0.4, -0.2) is 20.0 Å². The van der Waals surface area contributed by atoms with E-state index >= 15 is 0 Å². The van der Waals surface area contributed by atoms with Gasteiger partial charge in [0.25, 0.3) is 5.91 Å². The third-order valence-electron chi connectivity index (χ3n) is 0.501. The van der Waals surface area contributed by atoms with Gasteiger partial charge in [0.05, 0.1) is 7.21 Å². The van der Waals surface area contributed by atoms with Gasteiger partial charge in [-0.25, -0.2) is 9.28 Å². The van der Waals surface area contributed by atoms with Gasteiger partial charge in [-0.3, -0.25) is 5.16 Å². The third-order valence-corrected chi connectivity index (χ3v) is 5.35. The summed E-state index contributed by atoms with van der Waals surface area (Å²) < 4.78 is 7.29. The molecule has 0 aliphatic heterocycles. The molecule has 1 N–H and O–H groups in total. The van der Waals surface area contributed by atoms with Crippen molar-refractivity contribution in [1.29, 1.82) is 5.16 Å². The van der Waals surface area contributed by atoms with Gasteiger partial charge in [-0.05, 0) is 42.5 Å². The summed E-state index contributed by atoms with van der Waals surface area (Å²) in [5.41, 5.74) is 0. The van der Waals surface area contributed by atoms with Crippen molar-refractivity contribution >= 4 is 42.3 Å². The Kier molecular flexibility index (Phi) is 3.65. The monoisotopic (exact) mass is 219 g/mol. The zero-order valence-corrected chi connectivity index (χ0v) is 9.05. The minimum absolute atomic E-state index is 1.69. The SMILES string of the molecule is C=NP(Cl)(Cl)=NP(C)(C)=N. The number of nitrogens with zero attached hydrogens (tertiary/aromatic N) is 2. The molecule has 0 bridgehead atoms. The van der Waals surface area contributed by atoms with Crippen molar-refractivity contribution in [2.75, 3.05) is 13.3 Å². The summed E-state index contributed by atoms with van der Waals surface area (Å²) in [7, 11) is -2.03. The van der Waals surface area contributed by atoms with E-state index in [0.29, 0.717) is 0 Å². The second kappa shape index (κ2) is 3.40. The Bertz CT molecular complexity index is 224. The molecule has 0 unspecified atom stereocenters. The molecule has 0 saturated heterocycles. The van der Waals surface area contributed by atoms with E-state index < -0.39 is 13.1 Å². The molecule has 0 radical (unpaired) electrons. The number of hydrogen-bond acceptors (Lipinski definition) is 1.